The minimum Gasteiger partial charge on any atom is -0.364 e. The lowest BCUT2D eigenvalue weighted by Crippen LogP contribution is -2.30. The van der Waals surface area contributed by atoms with E-state index in [2.05, 4.69) is 10.1 Å². The van der Waals surface area contributed by atoms with Gasteiger partial charge in [0.05, 0.1) is 5.69 Å². The fraction of sp³-hybridized carbons (Fsp3) is 0.700. The molecule has 0 aromatic carbocycles. The van der Waals surface area contributed by atoms with E-state index in [1.165, 1.54) is 0 Å². The second-order valence-corrected chi connectivity index (χ2v) is 3.85. The van der Waals surface area contributed by atoms with Crippen LogP contribution in [0, 0.1) is 6.92 Å². The lowest BCUT2D eigenvalue weighted by molar-refractivity contribution is 0.206. The Kier molecular flexibility index (Phi) is 2.82. The van der Waals surface area contributed by atoms with Crippen LogP contribution >= 0.6 is 0 Å². The van der Waals surface area contributed by atoms with Crippen LogP contribution < -0.4 is 0 Å². The van der Waals surface area contributed by atoms with Gasteiger partial charge in [0.1, 0.15) is 12.9 Å². The van der Waals surface area contributed by atoms with E-state index in [9.17, 15) is 4.39 Å². The number of alkyl halides is 1. The second kappa shape index (κ2) is 4.09. The van der Waals surface area contributed by atoms with Gasteiger partial charge in [-0.2, -0.15) is 0 Å². The Labute approximate surface area is 82.9 Å². The summed E-state index contributed by atoms with van der Waals surface area (Å²) in [6.45, 7) is 3.42. The Balaban J connectivity index is 2.00. The number of rotatable bonds is 3. The standard InChI is InChI=1S/C10H15FN2O/c1-8-9(7-14-12-8)6-13-4-2-3-10(13)5-11/h7,10H,2-6H2,1H3/t10-/m0/s1. The van der Waals surface area contributed by atoms with Crippen molar-refractivity contribution >= 4 is 0 Å². The van der Waals surface area contributed by atoms with Gasteiger partial charge in [0.2, 0.25) is 0 Å². The van der Waals surface area contributed by atoms with Crippen molar-refractivity contribution in [3.63, 3.8) is 0 Å². The Morgan fingerprint density at radius 1 is 1.71 bits per heavy atom. The van der Waals surface area contributed by atoms with Crippen LogP contribution in [-0.2, 0) is 6.54 Å². The summed E-state index contributed by atoms with van der Waals surface area (Å²) >= 11 is 0. The topological polar surface area (TPSA) is 29.3 Å². The first-order valence-corrected chi connectivity index (χ1v) is 5.01. The molecule has 0 bridgehead atoms. The van der Waals surface area contributed by atoms with Crippen LogP contribution in [0.1, 0.15) is 24.1 Å². The first kappa shape index (κ1) is 9.65. The average molecular weight is 198 g/mol. The van der Waals surface area contributed by atoms with E-state index >= 15 is 0 Å². The molecule has 1 aromatic heterocycles. The zero-order valence-electron chi connectivity index (χ0n) is 8.37. The molecule has 1 atom stereocenters. The van der Waals surface area contributed by atoms with Gasteiger partial charge in [-0.25, -0.2) is 4.39 Å². The summed E-state index contributed by atoms with van der Waals surface area (Å²) in [6, 6.07) is 0.101. The lowest BCUT2D eigenvalue weighted by atomic mass is 10.2. The predicted octanol–water partition coefficient (Wildman–Crippen LogP) is 1.92. The molecule has 2 rings (SSSR count). The Morgan fingerprint density at radius 3 is 3.21 bits per heavy atom. The van der Waals surface area contributed by atoms with E-state index in [-0.39, 0.29) is 12.7 Å². The minimum absolute atomic E-state index is 0.101. The number of aryl methyl sites for hydroxylation is 1. The maximum atomic E-state index is 12.6. The van der Waals surface area contributed by atoms with Crippen molar-refractivity contribution in [3.8, 4) is 0 Å². The molecule has 1 aromatic rings. The van der Waals surface area contributed by atoms with Crippen molar-refractivity contribution in [2.75, 3.05) is 13.2 Å². The first-order valence-electron chi connectivity index (χ1n) is 5.01. The second-order valence-electron chi connectivity index (χ2n) is 3.85. The van der Waals surface area contributed by atoms with Crippen molar-refractivity contribution in [1.82, 2.24) is 10.1 Å². The van der Waals surface area contributed by atoms with Gasteiger partial charge >= 0.3 is 0 Å². The van der Waals surface area contributed by atoms with Gasteiger partial charge in [0.15, 0.2) is 0 Å². The van der Waals surface area contributed by atoms with E-state index in [1.54, 1.807) is 6.26 Å². The summed E-state index contributed by atoms with van der Waals surface area (Å²) in [5.74, 6) is 0. The summed E-state index contributed by atoms with van der Waals surface area (Å²) in [7, 11) is 0. The molecular formula is C10H15FN2O. The molecule has 0 amide bonds. The summed E-state index contributed by atoms with van der Waals surface area (Å²) in [5, 5.41) is 3.81. The SMILES string of the molecule is Cc1nocc1CN1CCC[C@H]1CF. The van der Waals surface area contributed by atoms with Crippen LogP contribution in [-0.4, -0.2) is 29.3 Å². The van der Waals surface area contributed by atoms with Crippen LogP contribution in [0.3, 0.4) is 0 Å². The third-order valence-electron chi connectivity index (χ3n) is 2.90. The molecule has 0 radical (unpaired) electrons. The third-order valence-corrected chi connectivity index (χ3v) is 2.90. The monoisotopic (exact) mass is 198 g/mol. The fourth-order valence-electron chi connectivity index (χ4n) is 1.96. The van der Waals surface area contributed by atoms with Gasteiger partial charge in [-0.3, -0.25) is 4.90 Å². The van der Waals surface area contributed by atoms with E-state index in [4.69, 9.17) is 4.52 Å². The highest BCUT2D eigenvalue weighted by molar-refractivity contribution is 5.12. The van der Waals surface area contributed by atoms with Gasteiger partial charge < -0.3 is 4.52 Å². The summed E-state index contributed by atoms with van der Waals surface area (Å²) in [6.07, 6.45) is 3.72. The normalized spacial score (nSPS) is 23.1. The molecule has 78 valence electrons. The molecule has 1 aliphatic rings. The molecule has 0 aliphatic carbocycles. The van der Waals surface area contributed by atoms with Gasteiger partial charge in [-0.05, 0) is 26.3 Å². The Bertz CT molecular complexity index is 300. The molecule has 4 heteroatoms. The molecule has 0 saturated carbocycles. The van der Waals surface area contributed by atoms with Crippen LogP contribution in [0.4, 0.5) is 4.39 Å². The van der Waals surface area contributed by atoms with Crippen molar-refractivity contribution < 1.29 is 8.91 Å². The number of hydrogen-bond acceptors (Lipinski definition) is 3. The van der Waals surface area contributed by atoms with Gasteiger partial charge in [-0.15, -0.1) is 0 Å². The first-order chi connectivity index (χ1) is 6.81. The zero-order chi connectivity index (χ0) is 9.97. The van der Waals surface area contributed by atoms with Crippen molar-refractivity contribution in [2.45, 2.75) is 32.4 Å². The van der Waals surface area contributed by atoms with Gasteiger partial charge in [0.25, 0.3) is 0 Å². The van der Waals surface area contributed by atoms with E-state index in [0.29, 0.717) is 0 Å². The molecular weight excluding hydrogens is 183 g/mol. The van der Waals surface area contributed by atoms with Gasteiger partial charge in [0, 0.05) is 18.2 Å². The smallest absolute Gasteiger partial charge is 0.128 e. The molecule has 1 aliphatic heterocycles. The van der Waals surface area contributed by atoms with E-state index < -0.39 is 0 Å². The number of hydrogen-bond donors (Lipinski definition) is 0. The maximum Gasteiger partial charge on any atom is 0.128 e. The number of nitrogens with zero attached hydrogens (tertiary/aromatic N) is 2. The summed E-state index contributed by atoms with van der Waals surface area (Å²) in [4.78, 5) is 2.17. The molecule has 3 nitrogen and oxygen atoms in total. The van der Waals surface area contributed by atoms with E-state index in [1.807, 2.05) is 6.92 Å². The molecule has 1 fully saturated rings. The van der Waals surface area contributed by atoms with Crippen LogP contribution in [0.5, 0.6) is 0 Å². The van der Waals surface area contributed by atoms with Crippen molar-refractivity contribution in [1.29, 1.82) is 0 Å². The quantitative estimate of drug-likeness (QED) is 0.743. The van der Waals surface area contributed by atoms with Gasteiger partial charge in [-0.1, -0.05) is 5.16 Å². The fourth-order valence-corrected chi connectivity index (χ4v) is 1.96. The Hall–Kier alpha value is -0.900. The van der Waals surface area contributed by atoms with Crippen LogP contribution in [0.15, 0.2) is 10.8 Å². The third kappa shape index (κ3) is 1.80. The highest BCUT2D eigenvalue weighted by Crippen LogP contribution is 2.21. The molecule has 0 unspecified atom stereocenters. The average Bonchev–Trinajstić information content (AvgIpc) is 2.77. The predicted molar refractivity (Wildman–Crippen MR) is 50.6 cm³/mol. The molecule has 2 heterocycles. The molecule has 1 saturated heterocycles. The molecule has 0 spiro atoms. The van der Waals surface area contributed by atoms with Crippen molar-refractivity contribution in [2.24, 2.45) is 0 Å². The number of halogens is 1. The lowest BCUT2D eigenvalue weighted by Gasteiger charge is -2.20. The zero-order valence-corrected chi connectivity index (χ0v) is 8.37. The van der Waals surface area contributed by atoms with Crippen LogP contribution in [0.25, 0.3) is 0 Å². The summed E-state index contributed by atoms with van der Waals surface area (Å²) in [5.41, 5.74) is 1.99. The maximum absolute atomic E-state index is 12.6. The number of likely N-dealkylation sites (tertiary alicyclic amines) is 1. The molecule has 0 N–H and O–H groups in total. The largest absolute Gasteiger partial charge is 0.364 e. The number of aromatic nitrogens is 1. The summed E-state index contributed by atoms with van der Waals surface area (Å²) < 4.78 is 17.5. The van der Waals surface area contributed by atoms with Crippen LogP contribution in [0.2, 0.25) is 0 Å². The molecule has 14 heavy (non-hydrogen) atoms. The Morgan fingerprint density at radius 2 is 2.57 bits per heavy atom. The minimum atomic E-state index is -0.246. The highest BCUT2D eigenvalue weighted by Gasteiger charge is 2.25. The highest BCUT2D eigenvalue weighted by atomic mass is 19.1. The van der Waals surface area contributed by atoms with E-state index in [0.717, 1.165) is 37.2 Å². The van der Waals surface area contributed by atoms with Crippen molar-refractivity contribution in [3.05, 3.63) is 17.5 Å².